The zero-order valence-electron chi connectivity index (χ0n) is 17.6. The first-order valence-electron chi connectivity index (χ1n) is 10.8. The molecule has 0 unspecified atom stereocenters. The van der Waals surface area contributed by atoms with Crippen molar-refractivity contribution in [3.8, 4) is 0 Å². The van der Waals surface area contributed by atoms with Crippen molar-refractivity contribution in [1.29, 1.82) is 0 Å². The van der Waals surface area contributed by atoms with Gasteiger partial charge in [-0.15, -0.1) is 0 Å². The normalized spacial score (nSPS) is 19.5. The maximum atomic E-state index is 12.7. The van der Waals surface area contributed by atoms with E-state index in [1.54, 1.807) is 4.90 Å². The topological polar surface area (TPSA) is 63.6 Å². The summed E-state index contributed by atoms with van der Waals surface area (Å²) in [6.45, 7) is 7.74. The molecular weight excluding hydrogens is 354 g/mol. The van der Waals surface area contributed by atoms with Crippen LogP contribution >= 0.6 is 0 Å². The van der Waals surface area contributed by atoms with Crippen LogP contribution in [-0.2, 0) is 4.74 Å². The number of amides is 2. The van der Waals surface area contributed by atoms with E-state index in [2.05, 4.69) is 9.88 Å². The Morgan fingerprint density at radius 2 is 1.79 bits per heavy atom. The summed E-state index contributed by atoms with van der Waals surface area (Å²) in [6.07, 6.45) is 9.75. The van der Waals surface area contributed by atoms with Gasteiger partial charge in [-0.1, -0.05) is 19.3 Å². The van der Waals surface area contributed by atoms with Gasteiger partial charge in [0.05, 0.1) is 0 Å². The van der Waals surface area contributed by atoms with Gasteiger partial charge in [-0.3, -0.25) is 4.79 Å². The van der Waals surface area contributed by atoms with Gasteiger partial charge in [-0.2, -0.15) is 0 Å². The Balaban J connectivity index is 1.52. The molecule has 1 aliphatic heterocycles. The molecule has 6 nitrogen and oxygen atoms in total. The van der Waals surface area contributed by atoms with Crippen LogP contribution in [-0.4, -0.2) is 46.7 Å². The Kier molecular flexibility index (Phi) is 6.68. The van der Waals surface area contributed by atoms with E-state index in [4.69, 9.17) is 4.74 Å². The number of aromatic nitrogens is 1. The zero-order chi connectivity index (χ0) is 20.1. The average Bonchev–Trinajstić information content (AvgIpc) is 3.15. The number of nitrogens with zero attached hydrogens (tertiary/aromatic N) is 2. The molecule has 1 aromatic rings. The van der Waals surface area contributed by atoms with E-state index >= 15 is 0 Å². The molecule has 0 atom stereocenters. The second-order valence-electron chi connectivity index (χ2n) is 9.21. The minimum Gasteiger partial charge on any atom is -0.444 e. The maximum absolute atomic E-state index is 12.7. The van der Waals surface area contributed by atoms with E-state index in [9.17, 15) is 9.59 Å². The van der Waals surface area contributed by atoms with E-state index < -0.39 is 5.60 Å². The summed E-state index contributed by atoms with van der Waals surface area (Å²) in [5, 5.41) is 3.14. The first kappa shape index (κ1) is 20.7. The Labute approximate surface area is 168 Å². The molecule has 6 heteroatoms. The SMILES string of the molecule is CC(C)(C)OC(=O)N1CCC(n2cccc2C(=O)NCC2CCCCC2)CC1. The van der Waals surface area contributed by atoms with Crippen molar-refractivity contribution in [3.63, 3.8) is 0 Å². The lowest BCUT2D eigenvalue weighted by molar-refractivity contribution is 0.0187. The Morgan fingerprint density at radius 3 is 2.43 bits per heavy atom. The van der Waals surface area contributed by atoms with Crippen molar-refractivity contribution in [2.45, 2.75) is 77.4 Å². The number of carbonyl (C=O) groups is 2. The average molecular weight is 390 g/mol. The minimum absolute atomic E-state index is 0.0187. The fourth-order valence-corrected chi connectivity index (χ4v) is 4.28. The predicted octanol–water partition coefficient (Wildman–Crippen LogP) is 4.37. The highest BCUT2D eigenvalue weighted by atomic mass is 16.6. The third-order valence-corrected chi connectivity index (χ3v) is 5.80. The smallest absolute Gasteiger partial charge is 0.410 e. The quantitative estimate of drug-likeness (QED) is 0.832. The van der Waals surface area contributed by atoms with E-state index in [1.165, 1.54) is 32.1 Å². The fourth-order valence-electron chi connectivity index (χ4n) is 4.28. The molecule has 156 valence electrons. The lowest BCUT2D eigenvalue weighted by atomic mass is 9.89. The van der Waals surface area contributed by atoms with E-state index in [0.29, 0.717) is 19.0 Å². The molecule has 1 aromatic heterocycles. The molecule has 1 N–H and O–H groups in total. The lowest BCUT2D eigenvalue weighted by Gasteiger charge is -2.34. The van der Waals surface area contributed by atoms with Crippen LogP contribution in [0.4, 0.5) is 4.79 Å². The van der Waals surface area contributed by atoms with Crippen molar-refractivity contribution >= 4 is 12.0 Å². The van der Waals surface area contributed by atoms with Crippen LogP contribution in [0, 0.1) is 5.92 Å². The molecule has 28 heavy (non-hydrogen) atoms. The fraction of sp³-hybridized carbons (Fsp3) is 0.727. The number of ether oxygens (including phenoxy) is 1. The van der Waals surface area contributed by atoms with Crippen LogP contribution in [0.2, 0.25) is 0 Å². The van der Waals surface area contributed by atoms with Gasteiger partial charge in [0.2, 0.25) is 0 Å². The molecule has 0 aromatic carbocycles. The van der Waals surface area contributed by atoms with Crippen LogP contribution in [0.25, 0.3) is 0 Å². The van der Waals surface area contributed by atoms with Crippen molar-refractivity contribution in [3.05, 3.63) is 24.0 Å². The summed E-state index contributed by atoms with van der Waals surface area (Å²) in [6, 6.07) is 4.08. The van der Waals surface area contributed by atoms with Gasteiger partial charge in [0.1, 0.15) is 11.3 Å². The number of nitrogens with one attached hydrogen (secondary N) is 1. The number of hydrogen-bond acceptors (Lipinski definition) is 3. The number of carbonyl (C=O) groups excluding carboxylic acids is 2. The first-order chi connectivity index (χ1) is 13.3. The summed E-state index contributed by atoms with van der Waals surface area (Å²) < 4.78 is 7.56. The van der Waals surface area contributed by atoms with Gasteiger partial charge < -0.3 is 19.5 Å². The van der Waals surface area contributed by atoms with Gasteiger partial charge in [0.15, 0.2) is 0 Å². The summed E-state index contributed by atoms with van der Waals surface area (Å²) in [4.78, 5) is 26.7. The van der Waals surface area contributed by atoms with Gasteiger partial charge in [-0.25, -0.2) is 4.79 Å². The molecule has 1 saturated heterocycles. The Bertz CT molecular complexity index is 663. The minimum atomic E-state index is -0.474. The van der Waals surface area contributed by atoms with Crippen LogP contribution < -0.4 is 5.32 Å². The van der Waals surface area contributed by atoms with E-state index in [0.717, 1.165) is 25.1 Å². The highest BCUT2D eigenvalue weighted by Gasteiger charge is 2.28. The van der Waals surface area contributed by atoms with Crippen LogP contribution in [0.3, 0.4) is 0 Å². The largest absolute Gasteiger partial charge is 0.444 e. The highest BCUT2D eigenvalue weighted by molar-refractivity contribution is 5.92. The molecule has 2 heterocycles. The van der Waals surface area contributed by atoms with Crippen molar-refractivity contribution in [1.82, 2.24) is 14.8 Å². The predicted molar refractivity (Wildman–Crippen MR) is 109 cm³/mol. The van der Waals surface area contributed by atoms with Crippen LogP contribution in [0.1, 0.15) is 82.2 Å². The van der Waals surface area contributed by atoms with Crippen LogP contribution in [0.5, 0.6) is 0 Å². The third kappa shape index (κ3) is 5.52. The summed E-state index contributed by atoms with van der Waals surface area (Å²) in [5.41, 5.74) is 0.254. The standard InChI is InChI=1S/C22H35N3O3/c1-22(2,3)28-21(27)24-14-11-18(12-15-24)25-13-7-10-19(25)20(26)23-16-17-8-5-4-6-9-17/h7,10,13,17-18H,4-6,8-9,11-12,14-16H2,1-3H3,(H,23,26). The second-order valence-corrected chi connectivity index (χ2v) is 9.21. The van der Waals surface area contributed by atoms with E-state index in [1.807, 2.05) is 39.1 Å². The molecule has 2 fully saturated rings. The van der Waals surface area contributed by atoms with Crippen LogP contribution in [0.15, 0.2) is 18.3 Å². The number of rotatable bonds is 4. The summed E-state index contributed by atoms with van der Waals surface area (Å²) in [7, 11) is 0. The third-order valence-electron chi connectivity index (χ3n) is 5.80. The molecule has 2 amide bonds. The molecule has 1 saturated carbocycles. The Morgan fingerprint density at radius 1 is 1.11 bits per heavy atom. The van der Waals surface area contributed by atoms with Gasteiger partial charge >= 0.3 is 6.09 Å². The highest BCUT2D eigenvalue weighted by Crippen LogP contribution is 2.26. The van der Waals surface area contributed by atoms with Gasteiger partial charge in [-0.05, 0) is 64.5 Å². The number of piperidine rings is 1. The molecule has 0 spiro atoms. The lowest BCUT2D eigenvalue weighted by Crippen LogP contribution is -2.42. The van der Waals surface area contributed by atoms with Gasteiger partial charge in [0, 0.05) is 31.9 Å². The first-order valence-corrected chi connectivity index (χ1v) is 10.8. The number of likely N-dealkylation sites (tertiary alicyclic amines) is 1. The molecule has 0 bridgehead atoms. The molecular formula is C22H35N3O3. The molecule has 0 radical (unpaired) electrons. The summed E-state index contributed by atoms with van der Waals surface area (Å²) >= 11 is 0. The van der Waals surface area contributed by atoms with Gasteiger partial charge in [0.25, 0.3) is 5.91 Å². The maximum Gasteiger partial charge on any atom is 0.410 e. The molecule has 2 aliphatic rings. The zero-order valence-corrected chi connectivity index (χ0v) is 17.6. The van der Waals surface area contributed by atoms with E-state index in [-0.39, 0.29) is 18.0 Å². The monoisotopic (exact) mass is 389 g/mol. The van der Waals surface area contributed by atoms with Crippen molar-refractivity contribution in [2.75, 3.05) is 19.6 Å². The summed E-state index contributed by atoms with van der Waals surface area (Å²) in [5.74, 6) is 0.642. The van der Waals surface area contributed by atoms with Crippen molar-refractivity contribution in [2.24, 2.45) is 5.92 Å². The molecule has 1 aliphatic carbocycles. The number of hydrogen-bond donors (Lipinski definition) is 1. The Hall–Kier alpha value is -1.98. The second kappa shape index (κ2) is 9.01. The van der Waals surface area contributed by atoms with Crippen molar-refractivity contribution < 1.29 is 14.3 Å². The molecule has 3 rings (SSSR count).